The molecular formula is C20H27F2N3O2. The summed E-state index contributed by atoms with van der Waals surface area (Å²) in [6.45, 7) is 2.30. The molecule has 0 fully saturated rings. The first kappa shape index (κ1) is 22.4. The summed E-state index contributed by atoms with van der Waals surface area (Å²) in [6, 6.07) is 6.31. The fraction of sp³-hybridized carbons (Fsp3) is 0.350. The Morgan fingerprint density at radius 1 is 1.33 bits per heavy atom. The van der Waals surface area contributed by atoms with Crippen LogP contribution in [0.1, 0.15) is 19.4 Å². The molecule has 1 aromatic carbocycles. The molecule has 0 heterocycles. The third-order valence-corrected chi connectivity index (χ3v) is 3.96. The number of aliphatic imine (C=N–C) groups is 1. The van der Waals surface area contributed by atoms with Gasteiger partial charge in [-0.1, -0.05) is 19.1 Å². The number of benzene rings is 1. The van der Waals surface area contributed by atoms with E-state index in [-0.39, 0.29) is 5.75 Å². The molecule has 0 radical (unpaired) electrons. The lowest BCUT2D eigenvalue weighted by atomic mass is 10.0. The summed E-state index contributed by atoms with van der Waals surface area (Å²) in [5, 5.41) is 10.9. The van der Waals surface area contributed by atoms with Crippen molar-refractivity contribution in [1.29, 1.82) is 0 Å². The molecule has 0 spiro atoms. The van der Waals surface area contributed by atoms with Crippen LogP contribution < -0.4 is 5.84 Å². The van der Waals surface area contributed by atoms with Crippen LogP contribution in [0.4, 0.5) is 8.78 Å². The van der Waals surface area contributed by atoms with Gasteiger partial charge in [-0.3, -0.25) is 10.0 Å². The van der Waals surface area contributed by atoms with Crippen LogP contribution in [0.25, 0.3) is 5.70 Å². The number of allylic oxidation sites excluding steroid dienone is 3. The van der Waals surface area contributed by atoms with Gasteiger partial charge in [-0.25, -0.2) is 14.6 Å². The van der Waals surface area contributed by atoms with E-state index < -0.39 is 18.8 Å². The van der Waals surface area contributed by atoms with Crippen molar-refractivity contribution in [2.45, 2.75) is 20.0 Å². The minimum Gasteiger partial charge on any atom is -0.508 e. The molecule has 1 aromatic rings. The normalized spacial score (nSPS) is 15.7. The van der Waals surface area contributed by atoms with E-state index in [2.05, 4.69) is 4.99 Å². The molecule has 0 amide bonds. The molecule has 5 nitrogen and oxygen atoms in total. The van der Waals surface area contributed by atoms with Gasteiger partial charge in [-0.15, -0.1) is 0 Å². The van der Waals surface area contributed by atoms with Crippen molar-refractivity contribution in [2.75, 3.05) is 20.8 Å². The molecule has 0 aliphatic carbocycles. The van der Waals surface area contributed by atoms with E-state index in [4.69, 9.17) is 10.6 Å². The van der Waals surface area contributed by atoms with E-state index in [1.165, 1.54) is 24.3 Å². The van der Waals surface area contributed by atoms with Gasteiger partial charge in [0.25, 0.3) is 0 Å². The smallest absolute Gasteiger partial charge is 0.208 e. The highest BCUT2D eigenvalue weighted by Gasteiger charge is 2.18. The van der Waals surface area contributed by atoms with Gasteiger partial charge < -0.3 is 9.84 Å². The highest BCUT2D eigenvalue weighted by Crippen LogP contribution is 2.26. The SMILES string of the molecule is C/C=C(\C=C/C(=NC)OC)N(N)/C(=C\C(C)C(F)CF)c1ccc(O)cc1. The van der Waals surface area contributed by atoms with Gasteiger partial charge in [0.2, 0.25) is 5.90 Å². The maximum absolute atomic E-state index is 13.8. The predicted molar refractivity (Wildman–Crippen MR) is 105 cm³/mol. The Kier molecular flexibility index (Phi) is 9.22. The number of phenols is 1. The van der Waals surface area contributed by atoms with Crippen LogP contribution in [-0.4, -0.2) is 43.0 Å². The quantitative estimate of drug-likeness (QED) is 0.236. The molecule has 0 saturated heterocycles. The van der Waals surface area contributed by atoms with E-state index in [1.807, 2.05) is 0 Å². The number of halogens is 2. The van der Waals surface area contributed by atoms with E-state index in [0.29, 0.717) is 22.9 Å². The average molecular weight is 379 g/mol. The van der Waals surface area contributed by atoms with E-state index >= 15 is 0 Å². The highest BCUT2D eigenvalue weighted by molar-refractivity contribution is 5.88. The summed E-state index contributed by atoms with van der Waals surface area (Å²) in [6.07, 6.45) is 5.04. The molecule has 27 heavy (non-hydrogen) atoms. The lowest BCUT2D eigenvalue weighted by molar-refractivity contribution is 0.217. The van der Waals surface area contributed by atoms with Gasteiger partial charge in [-0.2, -0.15) is 0 Å². The summed E-state index contributed by atoms with van der Waals surface area (Å²) >= 11 is 0. The monoisotopic (exact) mass is 379 g/mol. The summed E-state index contributed by atoms with van der Waals surface area (Å²) < 4.78 is 31.6. The predicted octanol–water partition coefficient (Wildman–Crippen LogP) is 3.99. The number of alkyl halides is 2. The molecule has 0 saturated carbocycles. The standard InChI is InChI=1S/C20H27F2N3O2/c1-5-16(8-11-20(24-3)27-4)25(23)19(12-14(2)18(22)13-21)15-6-9-17(26)10-7-15/h5-12,14,18,26H,13,23H2,1-4H3/b11-8-,16-5+,19-12-,24-20?. The second-order valence-electron chi connectivity index (χ2n) is 5.81. The van der Waals surface area contributed by atoms with Crippen LogP contribution in [0.3, 0.4) is 0 Å². The van der Waals surface area contributed by atoms with Crippen molar-refractivity contribution in [2.24, 2.45) is 16.8 Å². The van der Waals surface area contributed by atoms with Crippen molar-refractivity contribution in [3.05, 3.63) is 59.8 Å². The molecule has 2 unspecified atom stereocenters. The molecule has 7 heteroatoms. The minimum absolute atomic E-state index is 0.0943. The zero-order valence-electron chi connectivity index (χ0n) is 16.1. The number of hydrogen-bond acceptors (Lipinski definition) is 5. The Balaban J connectivity index is 3.31. The number of hydrogen-bond donors (Lipinski definition) is 2. The van der Waals surface area contributed by atoms with Gasteiger partial charge in [0.05, 0.1) is 18.5 Å². The minimum atomic E-state index is -1.64. The number of aromatic hydroxyl groups is 1. The lowest BCUT2D eigenvalue weighted by Crippen LogP contribution is -2.29. The summed E-state index contributed by atoms with van der Waals surface area (Å²) in [5.74, 6) is 6.10. The largest absolute Gasteiger partial charge is 0.508 e. The van der Waals surface area contributed by atoms with Crippen LogP contribution in [0.15, 0.2) is 59.3 Å². The molecule has 3 N–H and O–H groups in total. The number of ether oxygens (including phenoxy) is 1. The topological polar surface area (TPSA) is 71.1 Å². The number of nitrogens with zero attached hydrogens (tertiary/aromatic N) is 2. The Hall–Kier alpha value is -2.67. The van der Waals surface area contributed by atoms with Crippen molar-refractivity contribution in [3.8, 4) is 5.75 Å². The van der Waals surface area contributed by atoms with Gasteiger partial charge in [0.1, 0.15) is 18.6 Å². The van der Waals surface area contributed by atoms with Crippen LogP contribution in [0.5, 0.6) is 5.75 Å². The number of rotatable bonds is 8. The van der Waals surface area contributed by atoms with Crippen molar-refractivity contribution in [3.63, 3.8) is 0 Å². The summed E-state index contributed by atoms with van der Waals surface area (Å²) in [7, 11) is 3.10. The van der Waals surface area contributed by atoms with Crippen molar-refractivity contribution >= 4 is 11.6 Å². The van der Waals surface area contributed by atoms with Crippen LogP contribution in [0, 0.1) is 5.92 Å². The fourth-order valence-corrected chi connectivity index (χ4v) is 2.29. The zero-order chi connectivity index (χ0) is 20.4. The molecule has 0 aliphatic rings. The maximum Gasteiger partial charge on any atom is 0.208 e. The first-order valence-electron chi connectivity index (χ1n) is 8.49. The van der Waals surface area contributed by atoms with Gasteiger partial charge >= 0.3 is 0 Å². The molecule has 0 aromatic heterocycles. The van der Waals surface area contributed by atoms with Gasteiger partial charge in [0.15, 0.2) is 0 Å². The van der Waals surface area contributed by atoms with E-state index in [1.54, 1.807) is 57.3 Å². The number of hydrazine groups is 1. The maximum atomic E-state index is 13.8. The molecular weight excluding hydrogens is 352 g/mol. The van der Waals surface area contributed by atoms with Gasteiger partial charge in [0, 0.05) is 19.0 Å². The summed E-state index contributed by atoms with van der Waals surface area (Å²) in [4.78, 5) is 3.95. The van der Waals surface area contributed by atoms with Crippen LogP contribution >= 0.6 is 0 Å². The van der Waals surface area contributed by atoms with E-state index in [9.17, 15) is 13.9 Å². The Morgan fingerprint density at radius 2 is 1.96 bits per heavy atom. The summed E-state index contributed by atoms with van der Waals surface area (Å²) in [5.41, 5.74) is 1.72. The molecule has 0 bridgehead atoms. The first-order chi connectivity index (χ1) is 12.9. The van der Waals surface area contributed by atoms with E-state index in [0.717, 1.165) is 0 Å². The fourth-order valence-electron chi connectivity index (χ4n) is 2.29. The highest BCUT2D eigenvalue weighted by atomic mass is 19.2. The first-order valence-corrected chi connectivity index (χ1v) is 8.49. The Labute approximate surface area is 159 Å². The van der Waals surface area contributed by atoms with Gasteiger partial charge in [-0.05, 0) is 42.8 Å². The number of nitrogens with two attached hydrogens (primary N) is 1. The Morgan fingerprint density at radius 3 is 2.44 bits per heavy atom. The lowest BCUT2D eigenvalue weighted by Gasteiger charge is -2.25. The van der Waals surface area contributed by atoms with Crippen molar-refractivity contribution in [1.82, 2.24) is 5.01 Å². The zero-order valence-corrected chi connectivity index (χ0v) is 16.1. The second kappa shape index (κ2) is 11.1. The molecule has 148 valence electrons. The van der Waals surface area contributed by atoms with Crippen LogP contribution in [-0.2, 0) is 4.74 Å². The second-order valence-corrected chi connectivity index (χ2v) is 5.81. The molecule has 2 atom stereocenters. The van der Waals surface area contributed by atoms with Crippen molar-refractivity contribution < 1.29 is 18.6 Å². The third-order valence-electron chi connectivity index (χ3n) is 3.96. The average Bonchev–Trinajstić information content (AvgIpc) is 2.69. The molecule has 1 rings (SSSR count). The Bertz CT molecular complexity index is 712. The third kappa shape index (κ3) is 6.53. The molecule has 0 aliphatic heterocycles. The number of methoxy groups -OCH3 is 1. The number of phenolic OH excluding ortho intramolecular Hbond substituents is 1. The van der Waals surface area contributed by atoms with Crippen LogP contribution in [0.2, 0.25) is 0 Å².